The van der Waals surface area contributed by atoms with Gasteiger partial charge >= 0.3 is 17.9 Å². The van der Waals surface area contributed by atoms with Gasteiger partial charge in [-0.3, -0.25) is 23.3 Å². The van der Waals surface area contributed by atoms with Gasteiger partial charge in [-0.2, -0.15) is 0 Å². The highest BCUT2D eigenvalue weighted by Crippen LogP contribution is 2.58. The Balaban J connectivity index is 1.93. The van der Waals surface area contributed by atoms with Crippen molar-refractivity contribution >= 4 is 44.0 Å². The molecule has 0 saturated carbocycles. The van der Waals surface area contributed by atoms with Crippen LogP contribution >= 0.6 is 15.0 Å². The Labute approximate surface area is 272 Å². The average molecular weight is 712 g/mol. The predicted molar refractivity (Wildman–Crippen MR) is 168 cm³/mol. The smallest absolute Gasteiger partial charge is 0.323 e. The fourth-order valence-corrected chi connectivity index (χ4v) is 7.48. The summed E-state index contributed by atoms with van der Waals surface area (Å²) >= 11 is 0. The zero-order chi connectivity index (χ0) is 35.7. The van der Waals surface area contributed by atoms with Gasteiger partial charge < -0.3 is 29.0 Å². The molecular formula is C27H45F2N7O9P2. The van der Waals surface area contributed by atoms with Gasteiger partial charge in [0, 0.05) is 13.3 Å². The second-order valence-corrected chi connectivity index (χ2v) is 16.8. The summed E-state index contributed by atoms with van der Waals surface area (Å²) in [5.41, 5.74) is 3.72. The first-order valence-corrected chi connectivity index (χ1v) is 19.0. The average Bonchev–Trinajstić information content (AvgIpc) is 3.41. The Kier molecular flexibility index (Phi) is 12.0. The maximum absolute atomic E-state index is 16.7. The number of carbonyl (C=O) groups excluding carboxylic acids is 2. The molecule has 16 nitrogen and oxygen atoms in total. The number of esters is 2. The Morgan fingerprint density at radius 2 is 1.51 bits per heavy atom. The van der Waals surface area contributed by atoms with Crippen LogP contribution in [0.4, 0.5) is 14.6 Å². The number of alkyl halides is 2. The standard InChI is InChI=1S/C27H45F2N7O9P2/c1-14(2)43-23(37)16(5)34-46(9,39)41-11-19-26(8,12-42-47(10,40)35-17(6)24(38)44-15(3)4)27(28,29)25(45-19)36-13-31-20-21(30)32-18(7)33-22(20)36/h13-17,19,25H,11-12H2,1-10H3,(H,34,39)(H,35,40)(H2,30,32,33)/t16-,17-,19+,25+,26?,46?,47?/m0/s1. The van der Waals surface area contributed by atoms with E-state index in [2.05, 4.69) is 25.1 Å². The van der Waals surface area contributed by atoms with Crippen LogP contribution in [-0.2, 0) is 42.0 Å². The number of fused-ring (bicyclic) bond motifs is 1. The Morgan fingerprint density at radius 3 is 2.02 bits per heavy atom. The van der Waals surface area contributed by atoms with Crippen LogP contribution in [0.5, 0.6) is 0 Å². The van der Waals surface area contributed by atoms with Crippen LogP contribution in [0.3, 0.4) is 0 Å². The normalized spacial score (nSPS) is 25.0. The zero-order valence-electron chi connectivity index (χ0n) is 28.1. The largest absolute Gasteiger partial charge is 0.462 e. The van der Waals surface area contributed by atoms with Gasteiger partial charge in [0.15, 0.2) is 11.5 Å². The molecule has 3 heterocycles. The number of anilines is 1. The molecule has 1 aliphatic rings. The van der Waals surface area contributed by atoms with Crippen molar-refractivity contribution in [3.63, 3.8) is 0 Å². The molecule has 0 amide bonds. The summed E-state index contributed by atoms with van der Waals surface area (Å²) in [6.07, 6.45) is -3.35. The maximum Gasteiger partial charge on any atom is 0.323 e. The maximum atomic E-state index is 16.7. The number of imidazole rings is 1. The molecule has 3 unspecified atom stereocenters. The summed E-state index contributed by atoms with van der Waals surface area (Å²) < 4.78 is 88.3. The Bertz CT molecular complexity index is 1560. The number of hydrogen-bond acceptors (Lipinski definition) is 13. The third kappa shape index (κ3) is 9.11. The third-order valence-electron chi connectivity index (χ3n) is 7.24. The highest BCUT2D eigenvalue weighted by molar-refractivity contribution is 7.56. The number of rotatable bonds is 15. The van der Waals surface area contributed by atoms with Crippen LogP contribution in [-0.4, -0.2) is 94.3 Å². The van der Waals surface area contributed by atoms with E-state index in [1.807, 2.05) is 0 Å². The van der Waals surface area contributed by atoms with Crippen molar-refractivity contribution in [1.82, 2.24) is 29.7 Å². The lowest BCUT2D eigenvalue weighted by molar-refractivity contribution is -0.151. The lowest BCUT2D eigenvalue weighted by Gasteiger charge is -2.35. The van der Waals surface area contributed by atoms with E-state index in [4.69, 9.17) is 29.0 Å². The van der Waals surface area contributed by atoms with Crippen molar-refractivity contribution in [2.45, 2.75) is 97.9 Å². The molecule has 20 heteroatoms. The monoisotopic (exact) mass is 711 g/mol. The van der Waals surface area contributed by atoms with E-state index in [1.54, 1.807) is 27.7 Å². The first kappa shape index (κ1) is 38.9. The molecule has 4 N–H and O–H groups in total. The minimum atomic E-state index is -3.90. The third-order valence-corrected chi connectivity index (χ3v) is 10.2. The van der Waals surface area contributed by atoms with Gasteiger partial charge in [0.25, 0.3) is 15.0 Å². The van der Waals surface area contributed by atoms with Crippen LogP contribution < -0.4 is 15.9 Å². The van der Waals surface area contributed by atoms with Crippen molar-refractivity contribution < 1.29 is 50.8 Å². The quantitative estimate of drug-likeness (QED) is 0.177. The van der Waals surface area contributed by atoms with E-state index in [1.165, 1.54) is 27.4 Å². The van der Waals surface area contributed by atoms with Crippen LogP contribution in [0.25, 0.3) is 11.2 Å². The van der Waals surface area contributed by atoms with E-state index in [-0.39, 0.29) is 22.8 Å². The number of aromatic nitrogens is 4. The van der Waals surface area contributed by atoms with Gasteiger partial charge in [-0.15, -0.1) is 0 Å². The van der Waals surface area contributed by atoms with Crippen molar-refractivity contribution in [3.05, 3.63) is 12.2 Å². The summed E-state index contributed by atoms with van der Waals surface area (Å²) in [6.45, 7) is 12.9. The molecular weight excluding hydrogens is 666 g/mol. The van der Waals surface area contributed by atoms with Gasteiger partial charge in [0.05, 0.1) is 43.3 Å². The number of hydrogen-bond donors (Lipinski definition) is 3. The minimum absolute atomic E-state index is 0.0230. The van der Waals surface area contributed by atoms with Gasteiger partial charge in [-0.05, 0) is 55.4 Å². The molecule has 47 heavy (non-hydrogen) atoms. The van der Waals surface area contributed by atoms with Crippen LogP contribution in [0.2, 0.25) is 0 Å². The number of nitrogens with one attached hydrogen (secondary N) is 2. The molecule has 2 aromatic heterocycles. The molecule has 3 rings (SSSR count). The van der Waals surface area contributed by atoms with E-state index in [0.717, 1.165) is 24.5 Å². The SMILES string of the molecule is Cc1nc(N)c2ncn([C@@H]3O[C@H](COP(C)(=O)N[C@@H](C)C(=O)OC(C)C)C(C)(COP(C)(=O)N[C@@H](C)C(=O)OC(C)C)C3(F)F)c2n1. The first-order chi connectivity index (χ1) is 21.5. The fourth-order valence-electron chi connectivity index (χ4n) is 4.78. The fraction of sp³-hybridized carbons (Fsp3) is 0.741. The summed E-state index contributed by atoms with van der Waals surface area (Å²) in [6, 6.07) is -2.13. The lowest BCUT2D eigenvalue weighted by atomic mass is 9.80. The van der Waals surface area contributed by atoms with Gasteiger partial charge in [-0.1, -0.05) is 0 Å². The van der Waals surface area contributed by atoms with E-state index >= 15 is 8.78 Å². The number of nitrogen functional groups attached to an aromatic ring is 1. The Hall–Kier alpha value is -2.59. The summed E-state index contributed by atoms with van der Waals surface area (Å²) in [5.74, 6) is -5.00. The van der Waals surface area contributed by atoms with Crippen molar-refractivity contribution in [2.24, 2.45) is 5.41 Å². The van der Waals surface area contributed by atoms with Gasteiger partial charge in [0.1, 0.15) is 23.4 Å². The predicted octanol–water partition coefficient (Wildman–Crippen LogP) is 3.79. The first-order valence-electron chi connectivity index (χ1n) is 14.9. The van der Waals surface area contributed by atoms with Gasteiger partial charge in [-0.25, -0.2) is 33.9 Å². The number of carbonyl (C=O) groups is 2. The Morgan fingerprint density at radius 1 is 1.00 bits per heavy atom. The molecule has 1 fully saturated rings. The van der Waals surface area contributed by atoms with Crippen LogP contribution in [0.15, 0.2) is 6.33 Å². The van der Waals surface area contributed by atoms with Crippen molar-refractivity contribution in [3.8, 4) is 0 Å². The molecule has 0 spiro atoms. The zero-order valence-corrected chi connectivity index (χ0v) is 29.9. The molecule has 1 aliphatic heterocycles. The summed E-state index contributed by atoms with van der Waals surface area (Å²) in [4.78, 5) is 36.9. The summed E-state index contributed by atoms with van der Waals surface area (Å²) in [7, 11) is -7.72. The molecule has 0 radical (unpaired) electrons. The molecule has 266 valence electrons. The number of halogens is 2. The molecule has 0 aromatic carbocycles. The molecule has 7 atom stereocenters. The second kappa shape index (κ2) is 14.5. The van der Waals surface area contributed by atoms with Crippen LogP contribution in [0.1, 0.15) is 60.5 Å². The van der Waals surface area contributed by atoms with Crippen LogP contribution in [0, 0.1) is 12.3 Å². The molecule has 2 aromatic rings. The van der Waals surface area contributed by atoms with Gasteiger partial charge in [0.2, 0.25) is 6.23 Å². The molecule has 1 saturated heterocycles. The lowest BCUT2D eigenvalue weighted by Crippen LogP contribution is -2.48. The number of ether oxygens (including phenoxy) is 3. The number of nitrogens with zero attached hydrogens (tertiary/aromatic N) is 4. The number of nitrogens with two attached hydrogens (primary N) is 1. The molecule has 0 aliphatic carbocycles. The van der Waals surface area contributed by atoms with E-state index in [0.29, 0.717) is 0 Å². The van der Waals surface area contributed by atoms with Crippen molar-refractivity contribution in [2.75, 3.05) is 32.3 Å². The molecule has 0 bridgehead atoms. The summed E-state index contributed by atoms with van der Waals surface area (Å²) in [5, 5.41) is 5.07. The van der Waals surface area contributed by atoms with E-state index < -0.39 is 88.2 Å². The topological polar surface area (TPSA) is 208 Å². The van der Waals surface area contributed by atoms with Crippen molar-refractivity contribution in [1.29, 1.82) is 0 Å². The second-order valence-electron chi connectivity index (χ2n) is 12.4. The highest BCUT2D eigenvalue weighted by Gasteiger charge is 2.68. The highest BCUT2D eigenvalue weighted by atomic mass is 31.2. The van der Waals surface area contributed by atoms with E-state index in [9.17, 15) is 18.7 Å². The number of aryl methyl sites for hydroxylation is 1. The minimum Gasteiger partial charge on any atom is -0.462 e.